The van der Waals surface area contributed by atoms with Gasteiger partial charge in [0.1, 0.15) is 11.5 Å². The predicted octanol–water partition coefficient (Wildman–Crippen LogP) is 12.9. The number of aliphatic hydroxyl groups excluding tert-OH is 1. The van der Waals surface area contributed by atoms with Gasteiger partial charge in [-0.05, 0) is 69.3 Å². The van der Waals surface area contributed by atoms with E-state index >= 15 is 9.13 Å². The molecule has 8 heteroatoms. The Hall–Kier alpha value is -7.07. The van der Waals surface area contributed by atoms with Crippen molar-refractivity contribution in [1.82, 2.24) is 0 Å². The normalized spacial score (nSPS) is 18.7. The zero-order valence-electron chi connectivity index (χ0n) is 33.9. The van der Waals surface area contributed by atoms with Crippen LogP contribution < -0.4 is 19.7 Å². The minimum Gasteiger partial charge on any atom is -0.438 e. The first-order chi connectivity index (χ1) is 30.8. The van der Waals surface area contributed by atoms with E-state index in [2.05, 4.69) is 0 Å². The van der Waals surface area contributed by atoms with E-state index in [1.807, 2.05) is 140 Å². The van der Waals surface area contributed by atoms with Gasteiger partial charge in [0.15, 0.2) is 5.78 Å². The smallest absolute Gasteiger partial charge is 0.303 e. The summed E-state index contributed by atoms with van der Waals surface area (Å²) >= 11 is 0. The van der Waals surface area contributed by atoms with Crippen LogP contribution in [-0.2, 0) is 14.0 Å². The standard InChI is InChI=1S/C55H40O6P2/c56-49(37-27-39-15-3-1-4-16-39)41-29-33-43(34-30-41)55(44-35-31-42(32-36-44)50(57)38-28-40-17-5-2-6-18-40,62(58)53-25-13-9-21-47(53)45-19-7-11-23-51(45)60-62)63(59)54-26-14-10-22-48(54)46-20-8-12-24-52(46)61-63/h1-38,49,56H/b37-27-,38-28-. The summed E-state index contributed by atoms with van der Waals surface area (Å²) in [7, 11) is -9.14. The number of hydrogen-bond donors (Lipinski definition) is 1. The average molecular weight is 859 g/mol. The number of ketones is 1. The molecule has 306 valence electrons. The maximum atomic E-state index is 17.4. The van der Waals surface area contributed by atoms with Gasteiger partial charge in [0.2, 0.25) is 4.90 Å². The number of benzene rings is 8. The first kappa shape index (κ1) is 40.0. The molecule has 0 saturated heterocycles. The Kier molecular flexibility index (Phi) is 10.4. The molecule has 2 aliphatic rings. The van der Waals surface area contributed by atoms with Gasteiger partial charge in [0.25, 0.3) is 0 Å². The first-order valence-corrected chi connectivity index (χ1v) is 23.9. The Morgan fingerprint density at radius 1 is 0.476 bits per heavy atom. The molecule has 0 spiro atoms. The lowest BCUT2D eigenvalue weighted by Gasteiger charge is -2.48. The molecular weight excluding hydrogens is 819 g/mol. The third kappa shape index (κ3) is 6.76. The van der Waals surface area contributed by atoms with Crippen molar-refractivity contribution in [3.63, 3.8) is 0 Å². The van der Waals surface area contributed by atoms with Crippen LogP contribution >= 0.6 is 14.7 Å². The highest BCUT2D eigenvalue weighted by Gasteiger charge is 2.70. The van der Waals surface area contributed by atoms with E-state index in [1.165, 1.54) is 6.08 Å². The fourth-order valence-corrected chi connectivity index (χ4v) is 16.7. The largest absolute Gasteiger partial charge is 0.438 e. The van der Waals surface area contributed by atoms with Crippen LogP contribution in [0.25, 0.3) is 34.4 Å². The van der Waals surface area contributed by atoms with Gasteiger partial charge in [-0.25, -0.2) is 0 Å². The molecule has 0 bridgehead atoms. The van der Waals surface area contributed by atoms with Gasteiger partial charge in [0, 0.05) is 16.7 Å². The van der Waals surface area contributed by atoms with Crippen molar-refractivity contribution in [2.75, 3.05) is 0 Å². The summed E-state index contributed by atoms with van der Waals surface area (Å²) in [6.45, 7) is 0. The molecule has 8 aromatic rings. The highest BCUT2D eigenvalue weighted by molar-refractivity contribution is 7.86. The molecule has 0 saturated carbocycles. The molecule has 10 rings (SSSR count). The van der Waals surface area contributed by atoms with E-state index in [0.29, 0.717) is 55.5 Å². The van der Waals surface area contributed by atoms with E-state index in [9.17, 15) is 9.90 Å². The fraction of sp³-hybridized carbons (Fsp3) is 0.0364. The van der Waals surface area contributed by atoms with Crippen molar-refractivity contribution < 1.29 is 28.1 Å². The molecule has 0 amide bonds. The number of rotatable bonds is 10. The quantitative estimate of drug-likeness (QED) is 0.0837. The highest BCUT2D eigenvalue weighted by atomic mass is 31.2. The van der Waals surface area contributed by atoms with Gasteiger partial charge in [-0.1, -0.05) is 200 Å². The molecule has 1 N–H and O–H groups in total. The van der Waals surface area contributed by atoms with Crippen molar-refractivity contribution >= 4 is 43.3 Å². The van der Waals surface area contributed by atoms with Crippen molar-refractivity contribution in [2.45, 2.75) is 11.0 Å². The molecule has 0 radical (unpaired) electrons. The minimum atomic E-state index is -4.57. The number of hydrogen-bond acceptors (Lipinski definition) is 6. The van der Waals surface area contributed by atoms with Crippen molar-refractivity contribution in [3.05, 3.63) is 252 Å². The highest BCUT2D eigenvalue weighted by Crippen LogP contribution is 2.84. The molecule has 3 unspecified atom stereocenters. The maximum Gasteiger partial charge on any atom is 0.303 e. The lowest BCUT2D eigenvalue weighted by atomic mass is 9.98. The second kappa shape index (κ2) is 16.3. The van der Waals surface area contributed by atoms with Gasteiger partial charge in [-0.2, -0.15) is 0 Å². The third-order valence-corrected chi connectivity index (χ3v) is 19.1. The van der Waals surface area contributed by atoms with Crippen LogP contribution in [0.15, 0.2) is 218 Å². The molecule has 0 aromatic heterocycles. The first-order valence-electron chi connectivity index (χ1n) is 20.7. The number of aliphatic hydroxyl groups is 1. The second-order valence-corrected chi connectivity index (χ2v) is 20.7. The molecule has 8 aromatic carbocycles. The summed E-state index contributed by atoms with van der Waals surface area (Å²) in [5, 5.41) is 12.2. The SMILES string of the molecule is O=C(/C=C\c1ccccc1)c1ccc(C(c2ccc(C(O)/C=C\c3ccccc3)cc2)(P2(=O)Oc3ccccc3-c3ccccc32)P2(=O)Oc3ccccc3-c3ccccc32)cc1. The van der Waals surface area contributed by atoms with Crippen molar-refractivity contribution in [3.8, 4) is 33.8 Å². The number of allylic oxidation sites excluding steroid dienone is 1. The monoisotopic (exact) mass is 858 g/mol. The summed E-state index contributed by atoms with van der Waals surface area (Å²) in [4.78, 5) is 11.7. The van der Waals surface area contributed by atoms with Crippen molar-refractivity contribution in [2.24, 2.45) is 0 Å². The van der Waals surface area contributed by atoms with E-state index in [0.717, 1.165) is 22.3 Å². The summed E-state index contributed by atoms with van der Waals surface area (Å²) < 4.78 is 48.9. The number of carbonyl (C=O) groups excluding carboxylic acids is 1. The van der Waals surface area contributed by atoms with Gasteiger partial charge in [-0.15, -0.1) is 0 Å². The van der Waals surface area contributed by atoms with E-state index < -0.39 is 25.7 Å². The summed E-state index contributed by atoms with van der Waals surface area (Å²) in [6, 6.07) is 62.8. The number of para-hydroxylation sites is 2. The lowest BCUT2D eigenvalue weighted by molar-refractivity contribution is 0.104. The summed E-state index contributed by atoms with van der Waals surface area (Å²) in [6.07, 6.45) is 5.85. The Bertz CT molecular complexity index is 3050. The van der Waals surface area contributed by atoms with Crippen molar-refractivity contribution in [1.29, 1.82) is 0 Å². The Labute approximate surface area is 366 Å². The molecule has 0 fully saturated rings. The van der Waals surface area contributed by atoms with Crippen LogP contribution in [0.3, 0.4) is 0 Å². The zero-order valence-corrected chi connectivity index (χ0v) is 35.7. The zero-order chi connectivity index (χ0) is 43.0. The van der Waals surface area contributed by atoms with Gasteiger partial charge >= 0.3 is 14.7 Å². The van der Waals surface area contributed by atoms with E-state index in [4.69, 9.17) is 9.05 Å². The number of fused-ring (bicyclic) bond motifs is 6. The van der Waals surface area contributed by atoms with Crippen LogP contribution in [0.4, 0.5) is 0 Å². The minimum absolute atomic E-state index is 0.238. The molecule has 2 heterocycles. The van der Waals surface area contributed by atoms with E-state index in [1.54, 1.807) is 84.9 Å². The topological polar surface area (TPSA) is 89.9 Å². The van der Waals surface area contributed by atoms with Crippen LogP contribution in [0.5, 0.6) is 11.5 Å². The van der Waals surface area contributed by atoms with Gasteiger partial charge in [0.05, 0.1) is 16.7 Å². The molecular formula is C55H40O6P2. The molecule has 3 atom stereocenters. The Morgan fingerprint density at radius 3 is 1.40 bits per heavy atom. The lowest BCUT2D eigenvalue weighted by Crippen LogP contribution is -2.42. The van der Waals surface area contributed by atoms with Crippen LogP contribution in [-0.4, -0.2) is 10.9 Å². The van der Waals surface area contributed by atoms with E-state index in [-0.39, 0.29) is 5.78 Å². The Balaban J connectivity index is 1.25. The molecule has 0 aliphatic carbocycles. The number of carbonyl (C=O) groups is 1. The molecule has 63 heavy (non-hydrogen) atoms. The van der Waals surface area contributed by atoms with Crippen LogP contribution in [0.2, 0.25) is 0 Å². The summed E-state index contributed by atoms with van der Waals surface area (Å²) in [5.41, 5.74) is 6.35. The third-order valence-electron chi connectivity index (χ3n) is 11.8. The van der Waals surface area contributed by atoms with Crippen LogP contribution in [0.1, 0.15) is 44.3 Å². The molecule has 6 nitrogen and oxygen atoms in total. The maximum absolute atomic E-state index is 17.4. The van der Waals surface area contributed by atoms with Gasteiger partial charge < -0.3 is 14.2 Å². The van der Waals surface area contributed by atoms with Crippen LogP contribution in [0, 0.1) is 0 Å². The summed E-state index contributed by atoms with van der Waals surface area (Å²) in [5.74, 6) is 0.506. The molecule has 2 aliphatic heterocycles. The Morgan fingerprint density at radius 2 is 0.889 bits per heavy atom. The average Bonchev–Trinajstić information content (AvgIpc) is 3.34. The second-order valence-electron chi connectivity index (χ2n) is 15.5. The fourth-order valence-electron chi connectivity index (χ4n) is 8.82. The predicted molar refractivity (Wildman–Crippen MR) is 253 cm³/mol. The van der Waals surface area contributed by atoms with Gasteiger partial charge in [-0.3, -0.25) is 13.9 Å².